The van der Waals surface area contributed by atoms with Crippen LogP contribution in [0.2, 0.25) is 0 Å². The van der Waals surface area contributed by atoms with Crippen molar-refractivity contribution in [3.05, 3.63) is 30.3 Å². The van der Waals surface area contributed by atoms with Crippen molar-refractivity contribution in [3.63, 3.8) is 0 Å². The van der Waals surface area contributed by atoms with Crippen LogP contribution in [-0.2, 0) is 0 Å². The molecule has 1 aromatic rings. The lowest BCUT2D eigenvalue weighted by molar-refractivity contribution is 0.225. The van der Waals surface area contributed by atoms with Crippen molar-refractivity contribution in [2.45, 2.75) is 0 Å². The number of alkyl halides is 1. The Bertz CT molecular complexity index is 240. The molecule has 0 fully saturated rings. The summed E-state index contributed by atoms with van der Waals surface area (Å²) in [6.45, 7) is 1.51. The molecule has 1 aromatic carbocycles. The lowest BCUT2D eigenvalue weighted by Crippen LogP contribution is -2.26. The predicted octanol–water partition coefficient (Wildman–Crippen LogP) is 1.97. The second-order valence-corrected chi connectivity index (χ2v) is 3.15. The van der Waals surface area contributed by atoms with E-state index in [1.165, 1.54) is 0 Å². The molecular formula is C11H16FNO. The summed E-state index contributed by atoms with van der Waals surface area (Å²) in [6, 6.07) is 9.63. The fourth-order valence-electron chi connectivity index (χ4n) is 1.09. The summed E-state index contributed by atoms with van der Waals surface area (Å²) < 4.78 is 17.4. The standard InChI is InChI=1S/C11H16FNO/c1-13(8-7-12)9-10-14-11-5-3-2-4-6-11/h2-6H,7-10H2,1H3. The molecular weight excluding hydrogens is 181 g/mol. The van der Waals surface area contributed by atoms with Gasteiger partial charge in [0, 0.05) is 13.1 Å². The van der Waals surface area contributed by atoms with E-state index in [9.17, 15) is 4.39 Å². The van der Waals surface area contributed by atoms with Gasteiger partial charge in [-0.05, 0) is 19.2 Å². The van der Waals surface area contributed by atoms with Crippen LogP contribution in [0, 0.1) is 0 Å². The van der Waals surface area contributed by atoms with E-state index in [2.05, 4.69) is 0 Å². The molecule has 0 aliphatic carbocycles. The van der Waals surface area contributed by atoms with Gasteiger partial charge < -0.3 is 9.64 Å². The molecule has 3 heteroatoms. The monoisotopic (exact) mass is 197 g/mol. The Morgan fingerprint density at radius 3 is 2.57 bits per heavy atom. The molecule has 0 aliphatic heterocycles. The first kappa shape index (κ1) is 11.0. The molecule has 2 nitrogen and oxygen atoms in total. The normalized spacial score (nSPS) is 10.5. The average molecular weight is 197 g/mol. The summed E-state index contributed by atoms with van der Waals surface area (Å²) in [6.07, 6.45) is 0. The SMILES string of the molecule is CN(CCF)CCOc1ccccc1. The van der Waals surface area contributed by atoms with Gasteiger partial charge in [0.1, 0.15) is 19.0 Å². The van der Waals surface area contributed by atoms with Crippen molar-refractivity contribution in [3.8, 4) is 5.75 Å². The second-order valence-electron chi connectivity index (χ2n) is 3.15. The van der Waals surface area contributed by atoms with Crippen molar-refractivity contribution in [1.82, 2.24) is 4.90 Å². The molecule has 0 radical (unpaired) electrons. The molecule has 0 amide bonds. The summed E-state index contributed by atoms with van der Waals surface area (Å²) in [5.74, 6) is 0.862. The first-order valence-electron chi connectivity index (χ1n) is 4.75. The molecule has 0 aromatic heterocycles. The highest BCUT2D eigenvalue weighted by molar-refractivity contribution is 5.20. The summed E-state index contributed by atoms with van der Waals surface area (Å²) in [5.41, 5.74) is 0. The number of likely N-dealkylation sites (N-methyl/N-ethyl adjacent to an activating group) is 1. The van der Waals surface area contributed by atoms with Crippen LogP contribution in [0.4, 0.5) is 4.39 Å². The summed E-state index contributed by atoms with van der Waals surface area (Å²) in [5, 5.41) is 0. The zero-order chi connectivity index (χ0) is 10.2. The van der Waals surface area contributed by atoms with Crippen molar-refractivity contribution in [2.75, 3.05) is 33.4 Å². The zero-order valence-electron chi connectivity index (χ0n) is 8.45. The Hall–Kier alpha value is -1.09. The van der Waals surface area contributed by atoms with Crippen LogP contribution >= 0.6 is 0 Å². The Kier molecular flexibility index (Phi) is 5.00. The molecule has 78 valence electrons. The zero-order valence-corrected chi connectivity index (χ0v) is 8.45. The third kappa shape index (κ3) is 4.23. The highest BCUT2D eigenvalue weighted by Crippen LogP contribution is 2.07. The van der Waals surface area contributed by atoms with E-state index >= 15 is 0 Å². The minimum Gasteiger partial charge on any atom is -0.492 e. The number of benzene rings is 1. The van der Waals surface area contributed by atoms with E-state index in [4.69, 9.17) is 4.74 Å². The maximum atomic E-state index is 11.9. The lowest BCUT2D eigenvalue weighted by Gasteiger charge is -2.14. The minimum atomic E-state index is -0.304. The number of halogens is 1. The molecule has 1 rings (SSSR count). The molecule has 0 aliphatic rings. The van der Waals surface area contributed by atoms with Crippen molar-refractivity contribution < 1.29 is 9.13 Å². The van der Waals surface area contributed by atoms with E-state index in [1.807, 2.05) is 42.3 Å². The van der Waals surface area contributed by atoms with Crippen LogP contribution in [-0.4, -0.2) is 38.3 Å². The maximum Gasteiger partial charge on any atom is 0.119 e. The molecule has 0 spiro atoms. The summed E-state index contributed by atoms with van der Waals surface area (Å²) in [4.78, 5) is 1.91. The molecule has 0 unspecified atom stereocenters. The number of hydrogen-bond acceptors (Lipinski definition) is 2. The van der Waals surface area contributed by atoms with Gasteiger partial charge in [-0.2, -0.15) is 0 Å². The molecule has 0 N–H and O–H groups in total. The number of rotatable bonds is 6. The minimum absolute atomic E-state index is 0.304. The number of hydrogen-bond donors (Lipinski definition) is 0. The van der Waals surface area contributed by atoms with Gasteiger partial charge in [0.05, 0.1) is 0 Å². The lowest BCUT2D eigenvalue weighted by atomic mass is 10.3. The molecule has 0 saturated carbocycles. The summed E-state index contributed by atoms with van der Waals surface area (Å²) >= 11 is 0. The molecule has 14 heavy (non-hydrogen) atoms. The van der Waals surface area contributed by atoms with E-state index in [1.54, 1.807) is 0 Å². The van der Waals surface area contributed by atoms with Gasteiger partial charge >= 0.3 is 0 Å². The Balaban J connectivity index is 2.16. The van der Waals surface area contributed by atoms with Crippen LogP contribution in [0.5, 0.6) is 5.75 Å². The highest BCUT2D eigenvalue weighted by atomic mass is 19.1. The van der Waals surface area contributed by atoms with Crippen LogP contribution in [0.25, 0.3) is 0 Å². The first-order chi connectivity index (χ1) is 6.83. The van der Waals surface area contributed by atoms with E-state index in [0.29, 0.717) is 13.2 Å². The molecule has 0 heterocycles. The molecule has 0 atom stereocenters. The molecule has 0 saturated heterocycles. The van der Waals surface area contributed by atoms with Gasteiger partial charge in [-0.25, -0.2) is 4.39 Å². The highest BCUT2D eigenvalue weighted by Gasteiger charge is 1.97. The topological polar surface area (TPSA) is 12.5 Å². The number of nitrogens with zero attached hydrogens (tertiary/aromatic N) is 1. The van der Waals surface area contributed by atoms with Gasteiger partial charge in [-0.1, -0.05) is 18.2 Å². The van der Waals surface area contributed by atoms with Crippen LogP contribution < -0.4 is 4.74 Å². The quantitative estimate of drug-likeness (QED) is 0.691. The smallest absolute Gasteiger partial charge is 0.119 e. The van der Waals surface area contributed by atoms with Crippen molar-refractivity contribution >= 4 is 0 Å². The Morgan fingerprint density at radius 1 is 1.21 bits per heavy atom. The first-order valence-corrected chi connectivity index (χ1v) is 4.75. The van der Waals surface area contributed by atoms with Crippen molar-refractivity contribution in [1.29, 1.82) is 0 Å². The Labute approximate surface area is 84.3 Å². The van der Waals surface area contributed by atoms with Gasteiger partial charge in [-0.15, -0.1) is 0 Å². The third-order valence-corrected chi connectivity index (χ3v) is 1.95. The maximum absolute atomic E-state index is 11.9. The van der Waals surface area contributed by atoms with E-state index < -0.39 is 0 Å². The van der Waals surface area contributed by atoms with Gasteiger partial charge in [0.15, 0.2) is 0 Å². The fourth-order valence-corrected chi connectivity index (χ4v) is 1.09. The summed E-state index contributed by atoms with van der Waals surface area (Å²) in [7, 11) is 1.88. The van der Waals surface area contributed by atoms with Crippen LogP contribution in [0.15, 0.2) is 30.3 Å². The van der Waals surface area contributed by atoms with Gasteiger partial charge in [0.25, 0.3) is 0 Å². The van der Waals surface area contributed by atoms with E-state index in [-0.39, 0.29) is 6.67 Å². The van der Waals surface area contributed by atoms with Gasteiger partial charge in [0.2, 0.25) is 0 Å². The number of ether oxygens (including phenoxy) is 1. The predicted molar refractivity (Wildman–Crippen MR) is 55.4 cm³/mol. The fraction of sp³-hybridized carbons (Fsp3) is 0.455. The van der Waals surface area contributed by atoms with Crippen LogP contribution in [0.1, 0.15) is 0 Å². The average Bonchev–Trinajstić information content (AvgIpc) is 2.20. The van der Waals surface area contributed by atoms with Gasteiger partial charge in [-0.3, -0.25) is 0 Å². The largest absolute Gasteiger partial charge is 0.492 e. The molecule has 0 bridgehead atoms. The Morgan fingerprint density at radius 2 is 1.93 bits per heavy atom. The van der Waals surface area contributed by atoms with Crippen LogP contribution in [0.3, 0.4) is 0 Å². The number of para-hydroxylation sites is 1. The third-order valence-electron chi connectivity index (χ3n) is 1.95. The van der Waals surface area contributed by atoms with Crippen molar-refractivity contribution in [2.24, 2.45) is 0 Å². The second kappa shape index (κ2) is 6.38. The van der Waals surface area contributed by atoms with E-state index in [0.717, 1.165) is 12.3 Å².